The smallest absolute Gasteiger partial charge is 0.252 e. The molecule has 25 heavy (non-hydrogen) atoms. The fourth-order valence-electron chi connectivity index (χ4n) is 3.36. The second kappa shape index (κ2) is 8.52. The van der Waals surface area contributed by atoms with E-state index in [1.54, 1.807) is 16.4 Å². The number of rotatable bonds is 6. The van der Waals surface area contributed by atoms with E-state index in [2.05, 4.69) is 5.32 Å². The summed E-state index contributed by atoms with van der Waals surface area (Å²) in [6, 6.07) is 5.33. The number of hydrogen-bond acceptors (Lipinski definition) is 3. The SMILES string of the molecule is CCCS(=O)(=O)N1CCC(CNC(=O)c2ccc(C)cc2Cl)CC1C. The van der Waals surface area contributed by atoms with Crippen molar-refractivity contribution in [2.45, 2.75) is 46.1 Å². The van der Waals surface area contributed by atoms with E-state index in [1.807, 2.05) is 26.8 Å². The number of sulfonamides is 1. The molecule has 2 atom stereocenters. The first-order valence-electron chi connectivity index (χ1n) is 8.78. The van der Waals surface area contributed by atoms with Crippen LogP contribution in [0.4, 0.5) is 0 Å². The molecule has 0 aliphatic carbocycles. The highest BCUT2D eigenvalue weighted by Gasteiger charge is 2.32. The van der Waals surface area contributed by atoms with Crippen LogP contribution in [0.3, 0.4) is 0 Å². The number of piperidine rings is 1. The number of carbonyl (C=O) groups excluding carboxylic acids is 1. The molecular weight excluding hydrogens is 360 g/mol. The zero-order chi connectivity index (χ0) is 18.6. The first kappa shape index (κ1) is 20.2. The van der Waals surface area contributed by atoms with E-state index >= 15 is 0 Å². The molecule has 1 N–H and O–H groups in total. The van der Waals surface area contributed by atoms with Gasteiger partial charge in [0, 0.05) is 19.1 Å². The molecule has 1 aromatic rings. The van der Waals surface area contributed by atoms with Gasteiger partial charge in [0.1, 0.15) is 0 Å². The molecule has 1 saturated heterocycles. The summed E-state index contributed by atoms with van der Waals surface area (Å²) >= 11 is 6.13. The van der Waals surface area contributed by atoms with Crippen LogP contribution in [0.5, 0.6) is 0 Å². The van der Waals surface area contributed by atoms with Crippen molar-refractivity contribution in [3.05, 3.63) is 34.3 Å². The molecule has 1 heterocycles. The Balaban J connectivity index is 1.90. The minimum absolute atomic E-state index is 0.0323. The van der Waals surface area contributed by atoms with Crippen molar-refractivity contribution in [3.63, 3.8) is 0 Å². The van der Waals surface area contributed by atoms with Crippen molar-refractivity contribution in [1.29, 1.82) is 0 Å². The normalized spacial score (nSPS) is 21.9. The van der Waals surface area contributed by atoms with Crippen LogP contribution in [-0.4, -0.2) is 43.5 Å². The van der Waals surface area contributed by atoms with Gasteiger partial charge in [-0.15, -0.1) is 0 Å². The number of halogens is 1. The number of hydrogen-bond donors (Lipinski definition) is 1. The lowest BCUT2D eigenvalue weighted by Gasteiger charge is -2.36. The molecule has 2 rings (SSSR count). The van der Waals surface area contributed by atoms with Crippen molar-refractivity contribution < 1.29 is 13.2 Å². The minimum atomic E-state index is -3.16. The van der Waals surface area contributed by atoms with Gasteiger partial charge < -0.3 is 5.32 Å². The Morgan fingerprint density at radius 1 is 1.40 bits per heavy atom. The van der Waals surface area contributed by atoms with Crippen molar-refractivity contribution in [2.75, 3.05) is 18.8 Å². The summed E-state index contributed by atoms with van der Waals surface area (Å²) in [5.41, 5.74) is 1.49. The molecule has 0 spiro atoms. The Bertz CT molecular complexity index is 721. The van der Waals surface area contributed by atoms with Crippen LogP contribution >= 0.6 is 11.6 Å². The first-order chi connectivity index (χ1) is 11.7. The molecule has 140 valence electrons. The fraction of sp³-hybridized carbons (Fsp3) is 0.611. The van der Waals surface area contributed by atoms with Gasteiger partial charge in [0.15, 0.2) is 0 Å². The highest BCUT2D eigenvalue weighted by molar-refractivity contribution is 7.89. The molecule has 2 unspecified atom stereocenters. The van der Waals surface area contributed by atoms with E-state index in [9.17, 15) is 13.2 Å². The quantitative estimate of drug-likeness (QED) is 0.816. The molecule has 1 aliphatic rings. The Labute approximate surface area is 155 Å². The minimum Gasteiger partial charge on any atom is -0.352 e. The second-order valence-electron chi connectivity index (χ2n) is 6.86. The molecule has 1 aliphatic heterocycles. The van der Waals surface area contributed by atoms with Crippen LogP contribution in [0.2, 0.25) is 5.02 Å². The summed E-state index contributed by atoms with van der Waals surface area (Å²) in [6.45, 7) is 6.80. The third kappa shape index (κ3) is 5.19. The van der Waals surface area contributed by atoms with Gasteiger partial charge in [-0.3, -0.25) is 4.79 Å². The van der Waals surface area contributed by atoms with Gasteiger partial charge in [-0.2, -0.15) is 4.31 Å². The van der Waals surface area contributed by atoms with E-state index in [0.717, 1.165) is 18.4 Å². The monoisotopic (exact) mass is 386 g/mol. The predicted octanol–water partition coefficient (Wildman–Crippen LogP) is 3.22. The molecule has 0 bridgehead atoms. The highest BCUT2D eigenvalue weighted by Crippen LogP contribution is 2.25. The number of benzene rings is 1. The molecule has 5 nitrogen and oxygen atoms in total. The zero-order valence-corrected chi connectivity index (χ0v) is 16.7. The lowest BCUT2D eigenvalue weighted by Crippen LogP contribution is -2.47. The van der Waals surface area contributed by atoms with Crippen LogP contribution in [0.1, 0.15) is 49.0 Å². The summed E-state index contributed by atoms with van der Waals surface area (Å²) in [6.07, 6.45) is 2.14. The summed E-state index contributed by atoms with van der Waals surface area (Å²) in [7, 11) is -3.16. The summed E-state index contributed by atoms with van der Waals surface area (Å²) in [4.78, 5) is 12.3. The van der Waals surface area contributed by atoms with Crippen molar-refractivity contribution in [2.24, 2.45) is 5.92 Å². The van der Waals surface area contributed by atoms with Gasteiger partial charge in [-0.25, -0.2) is 8.42 Å². The van der Waals surface area contributed by atoms with E-state index in [-0.39, 0.29) is 23.6 Å². The van der Waals surface area contributed by atoms with E-state index in [0.29, 0.717) is 30.1 Å². The third-order valence-electron chi connectivity index (χ3n) is 4.66. The summed E-state index contributed by atoms with van der Waals surface area (Å²) in [5, 5.41) is 3.39. The van der Waals surface area contributed by atoms with Crippen molar-refractivity contribution >= 4 is 27.5 Å². The fourth-order valence-corrected chi connectivity index (χ4v) is 5.45. The Hall–Kier alpha value is -1.11. The average molecular weight is 387 g/mol. The van der Waals surface area contributed by atoms with Crippen molar-refractivity contribution in [1.82, 2.24) is 9.62 Å². The molecule has 0 saturated carbocycles. The maximum Gasteiger partial charge on any atom is 0.252 e. The molecule has 7 heteroatoms. The number of aryl methyl sites for hydroxylation is 1. The summed E-state index contributed by atoms with van der Waals surface area (Å²) in [5.74, 6) is 0.292. The highest BCUT2D eigenvalue weighted by atomic mass is 35.5. The average Bonchev–Trinajstić information content (AvgIpc) is 2.52. The van der Waals surface area contributed by atoms with Gasteiger partial charge in [0.05, 0.1) is 16.3 Å². The maximum atomic E-state index is 12.3. The van der Waals surface area contributed by atoms with Crippen LogP contribution in [0, 0.1) is 12.8 Å². The lowest BCUT2D eigenvalue weighted by atomic mass is 9.93. The van der Waals surface area contributed by atoms with Gasteiger partial charge in [0.2, 0.25) is 10.0 Å². The topological polar surface area (TPSA) is 66.5 Å². The third-order valence-corrected chi connectivity index (χ3v) is 7.16. The number of amides is 1. The van der Waals surface area contributed by atoms with Crippen LogP contribution in [-0.2, 0) is 10.0 Å². The predicted molar refractivity (Wildman–Crippen MR) is 101 cm³/mol. The molecule has 0 aromatic heterocycles. The van der Waals surface area contributed by atoms with Gasteiger partial charge in [-0.1, -0.05) is 24.6 Å². The Morgan fingerprint density at radius 2 is 2.12 bits per heavy atom. The van der Waals surface area contributed by atoms with Crippen LogP contribution in [0.15, 0.2) is 18.2 Å². The molecule has 1 aromatic carbocycles. The van der Waals surface area contributed by atoms with E-state index < -0.39 is 10.0 Å². The van der Waals surface area contributed by atoms with Gasteiger partial charge >= 0.3 is 0 Å². The molecule has 1 fully saturated rings. The van der Waals surface area contributed by atoms with E-state index in [1.165, 1.54) is 0 Å². The molecule has 1 amide bonds. The molecular formula is C18H27ClN2O3S. The summed E-state index contributed by atoms with van der Waals surface area (Å²) < 4.78 is 26.1. The van der Waals surface area contributed by atoms with E-state index in [4.69, 9.17) is 11.6 Å². The number of carbonyl (C=O) groups is 1. The molecule has 0 radical (unpaired) electrons. The Morgan fingerprint density at radius 3 is 2.72 bits per heavy atom. The Kier molecular flexibility index (Phi) is 6.88. The van der Waals surface area contributed by atoms with Crippen LogP contribution < -0.4 is 5.32 Å². The largest absolute Gasteiger partial charge is 0.352 e. The standard InChI is InChI=1S/C18H27ClN2O3S/c1-4-9-25(23,24)21-8-7-15(11-14(21)3)12-20-18(22)16-6-5-13(2)10-17(16)19/h5-6,10,14-15H,4,7-9,11-12H2,1-3H3,(H,20,22). The number of nitrogens with one attached hydrogen (secondary N) is 1. The second-order valence-corrected chi connectivity index (χ2v) is 9.31. The first-order valence-corrected chi connectivity index (χ1v) is 10.8. The van der Waals surface area contributed by atoms with Crippen LogP contribution in [0.25, 0.3) is 0 Å². The van der Waals surface area contributed by atoms with Crippen molar-refractivity contribution in [3.8, 4) is 0 Å². The maximum absolute atomic E-state index is 12.3. The number of nitrogens with zero attached hydrogens (tertiary/aromatic N) is 1. The van der Waals surface area contributed by atoms with Gasteiger partial charge in [-0.05, 0) is 56.7 Å². The lowest BCUT2D eigenvalue weighted by molar-refractivity contribution is 0.0936. The zero-order valence-electron chi connectivity index (χ0n) is 15.1. The van der Waals surface area contributed by atoms with Gasteiger partial charge in [0.25, 0.3) is 5.91 Å².